The van der Waals surface area contributed by atoms with Gasteiger partial charge in [-0.2, -0.15) is 0 Å². The molecule has 4 nitrogen and oxygen atoms in total. The molecule has 0 aliphatic carbocycles. The molecule has 2 heterocycles. The van der Waals surface area contributed by atoms with Crippen LogP contribution in [0.15, 0.2) is 12.1 Å². The zero-order valence-corrected chi connectivity index (χ0v) is 11.4. The molecule has 4 heteroatoms. The molecule has 1 fully saturated rings. The molecule has 19 heavy (non-hydrogen) atoms. The maximum absolute atomic E-state index is 5.55. The lowest BCUT2D eigenvalue weighted by Gasteiger charge is -2.25. The van der Waals surface area contributed by atoms with E-state index >= 15 is 0 Å². The molecule has 0 spiro atoms. The average molecular weight is 263 g/mol. The maximum atomic E-state index is 5.55. The Hall–Kier alpha value is -1.26. The van der Waals surface area contributed by atoms with Gasteiger partial charge >= 0.3 is 0 Å². The monoisotopic (exact) mass is 263 g/mol. The number of nitrogens with one attached hydrogen (secondary N) is 1. The minimum atomic E-state index is 0.348. The number of piperidine rings is 1. The van der Waals surface area contributed by atoms with E-state index in [1.165, 1.54) is 24.8 Å². The van der Waals surface area contributed by atoms with Gasteiger partial charge in [-0.3, -0.25) is 0 Å². The van der Waals surface area contributed by atoms with Gasteiger partial charge in [-0.05, 0) is 43.5 Å². The Labute approximate surface area is 114 Å². The van der Waals surface area contributed by atoms with Crippen LogP contribution in [0.3, 0.4) is 0 Å². The van der Waals surface area contributed by atoms with E-state index in [-0.39, 0.29) is 0 Å². The van der Waals surface area contributed by atoms with Gasteiger partial charge in [0.05, 0.1) is 13.7 Å². The highest BCUT2D eigenvalue weighted by molar-refractivity contribution is 5.47. The molecule has 2 aliphatic rings. The van der Waals surface area contributed by atoms with Crippen LogP contribution in [0.4, 0.5) is 0 Å². The van der Waals surface area contributed by atoms with E-state index in [1.807, 2.05) is 6.07 Å². The average Bonchev–Trinajstić information content (AvgIpc) is 2.47. The zero-order valence-electron chi connectivity index (χ0n) is 11.4. The second-order valence-electron chi connectivity index (χ2n) is 5.23. The Balaban J connectivity index is 1.82. The summed E-state index contributed by atoms with van der Waals surface area (Å²) >= 11 is 0. The first-order valence-electron chi connectivity index (χ1n) is 7.00. The Morgan fingerprint density at radius 3 is 3.11 bits per heavy atom. The Morgan fingerprint density at radius 2 is 2.32 bits per heavy atom. The van der Waals surface area contributed by atoms with Crippen LogP contribution in [0.25, 0.3) is 0 Å². The lowest BCUT2D eigenvalue weighted by Crippen LogP contribution is -2.35. The first kappa shape index (κ1) is 12.8. The molecule has 1 N–H and O–H groups in total. The van der Waals surface area contributed by atoms with Crippen LogP contribution in [0.2, 0.25) is 0 Å². The van der Waals surface area contributed by atoms with Crippen LogP contribution in [0.1, 0.15) is 30.4 Å². The highest BCUT2D eigenvalue weighted by atomic mass is 16.7. The summed E-state index contributed by atoms with van der Waals surface area (Å²) in [6.07, 6.45) is 4.85. The van der Waals surface area contributed by atoms with Crippen LogP contribution < -0.4 is 14.8 Å². The van der Waals surface area contributed by atoms with Gasteiger partial charge in [-0.1, -0.05) is 6.42 Å². The fourth-order valence-corrected chi connectivity index (χ4v) is 2.86. The van der Waals surface area contributed by atoms with E-state index in [1.54, 1.807) is 7.11 Å². The van der Waals surface area contributed by atoms with Crippen molar-refractivity contribution in [3.05, 3.63) is 23.3 Å². The summed E-state index contributed by atoms with van der Waals surface area (Å²) < 4.78 is 16.4. The molecule has 0 amide bonds. The summed E-state index contributed by atoms with van der Waals surface area (Å²) in [4.78, 5) is 0. The van der Waals surface area contributed by atoms with Gasteiger partial charge in [-0.25, -0.2) is 0 Å². The van der Waals surface area contributed by atoms with Crippen LogP contribution in [-0.4, -0.2) is 26.5 Å². The van der Waals surface area contributed by atoms with Crippen molar-refractivity contribution >= 4 is 0 Å². The fourth-order valence-electron chi connectivity index (χ4n) is 2.86. The van der Waals surface area contributed by atoms with Crippen molar-refractivity contribution in [3.63, 3.8) is 0 Å². The number of fused-ring (bicyclic) bond motifs is 1. The molecule has 1 aromatic carbocycles. The molecule has 2 aliphatic heterocycles. The van der Waals surface area contributed by atoms with Gasteiger partial charge in [-0.15, -0.1) is 0 Å². The molecule has 0 saturated carbocycles. The summed E-state index contributed by atoms with van der Waals surface area (Å²) in [5.41, 5.74) is 2.30. The molecule has 0 bridgehead atoms. The highest BCUT2D eigenvalue weighted by Crippen LogP contribution is 2.32. The lowest BCUT2D eigenvalue weighted by atomic mass is 9.96. The summed E-state index contributed by atoms with van der Waals surface area (Å²) in [5, 5.41) is 3.58. The van der Waals surface area contributed by atoms with Gasteiger partial charge in [0, 0.05) is 11.6 Å². The third-order valence-corrected chi connectivity index (χ3v) is 3.90. The quantitative estimate of drug-likeness (QED) is 0.908. The van der Waals surface area contributed by atoms with Crippen molar-refractivity contribution < 1.29 is 14.2 Å². The number of ether oxygens (including phenoxy) is 3. The predicted octanol–water partition coefficient (Wildman–Crippen LogP) is 2.25. The highest BCUT2D eigenvalue weighted by Gasteiger charge is 2.19. The van der Waals surface area contributed by atoms with Crippen LogP contribution in [0, 0.1) is 0 Å². The predicted molar refractivity (Wildman–Crippen MR) is 72.6 cm³/mol. The fraction of sp³-hybridized carbons (Fsp3) is 0.600. The van der Waals surface area contributed by atoms with Crippen molar-refractivity contribution in [2.24, 2.45) is 0 Å². The van der Waals surface area contributed by atoms with E-state index < -0.39 is 0 Å². The van der Waals surface area contributed by atoms with Gasteiger partial charge < -0.3 is 19.5 Å². The second kappa shape index (κ2) is 5.80. The van der Waals surface area contributed by atoms with Crippen molar-refractivity contribution in [2.75, 3.05) is 20.4 Å². The molecule has 0 radical (unpaired) electrons. The van der Waals surface area contributed by atoms with E-state index in [0.717, 1.165) is 30.0 Å². The van der Waals surface area contributed by atoms with Crippen molar-refractivity contribution in [1.29, 1.82) is 0 Å². The van der Waals surface area contributed by atoms with Crippen LogP contribution in [0.5, 0.6) is 11.5 Å². The molecule has 1 saturated heterocycles. The minimum Gasteiger partial charge on any atom is -0.496 e. The molecule has 1 unspecified atom stereocenters. The van der Waals surface area contributed by atoms with Crippen LogP contribution >= 0.6 is 0 Å². The third-order valence-electron chi connectivity index (χ3n) is 3.90. The molecule has 3 rings (SSSR count). The summed E-state index contributed by atoms with van der Waals surface area (Å²) in [5.74, 6) is 1.89. The standard InChI is InChI=1S/C15H21NO3/c1-17-14-8-12-9-18-10-19-15(12)7-11(14)6-13-4-2-3-5-16-13/h7-8,13,16H,2-6,9-10H2,1H3. The zero-order chi connectivity index (χ0) is 13.1. The summed E-state index contributed by atoms with van der Waals surface area (Å²) in [6, 6.07) is 4.72. The van der Waals surface area contributed by atoms with Gasteiger partial charge in [0.25, 0.3) is 0 Å². The van der Waals surface area contributed by atoms with Crippen molar-refractivity contribution in [2.45, 2.75) is 38.3 Å². The smallest absolute Gasteiger partial charge is 0.189 e. The number of hydrogen-bond donors (Lipinski definition) is 1. The summed E-state index contributed by atoms with van der Waals surface area (Å²) in [6.45, 7) is 2.08. The van der Waals surface area contributed by atoms with Gasteiger partial charge in [0.1, 0.15) is 11.5 Å². The first-order valence-corrected chi connectivity index (χ1v) is 7.00. The van der Waals surface area contributed by atoms with E-state index in [0.29, 0.717) is 19.4 Å². The topological polar surface area (TPSA) is 39.7 Å². The molecular weight excluding hydrogens is 242 g/mol. The Kier molecular flexibility index (Phi) is 3.89. The number of benzene rings is 1. The number of rotatable bonds is 3. The van der Waals surface area contributed by atoms with E-state index in [9.17, 15) is 0 Å². The summed E-state index contributed by atoms with van der Waals surface area (Å²) in [7, 11) is 1.73. The Bertz CT molecular complexity index is 441. The van der Waals surface area contributed by atoms with Crippen molar-refractivity contribution in [3.8, 4) is 11.5 Å². The maximum Gasteiger partial charge on any atom is 0.189 e. The Morgan fingerprint density at radius 1 is 1.37 bits per heavy atom. The van der Waals surface area contributed by atoms with Gasteiger partial charge in [0.15, 0.2) is 6.79 Å². The molecule has 1 atom stereocenters. The molecule has 0 aromatic heterocycles. The molecule has 104 valence electrons. The number of hydrogen-bond acceptors (Lipinski definition) is 4. The van der Waals surface area contributed by atoms with Crippen LogP contribution in [-0.2, 0) is 17.8 Å². The largest absolute Gasteiger partial charge is 0.496 e. The second-order valence-corrected chi connectivity index (χ2v) is 5.23. The minimum absolute atomic E-state index is 0.348. The molecule has 1 aromatic rings. The lowest BCUT2D eigenvalue weighted by molar-refractivity contribution is -0.0165. The van der Waals surface area contributed by atoms with Gasteiger partial charge in [0.2, 0.25) is 0 Å². The number of methoxy groups -OCH3 is 1. The first-order chi connectivity index (χ1) is 9.36. The van der Waals surface area contributed by atoms with E-state index in [4.69, 9.17) is 14.2 Å². The van der Waals surface area contributed by atoms with E-state index in [2.05, 4.69) is 11.4 Å². The molecular formula is C15H21NO3. The van der Waals surface area contributed by atoms with Crippen molar-refractivity contribution in [1.82, 2.24) is 5.32 Å². The normalized spacial score (nSPS) is 22.5. The SMILES string of the molecule is COc1cc2c(cc1CC1CCCCN1)OCOC2. The third kappa shape index (κ3) is 2.85.